The Morgan fingerprint density at radius 3 is 2.24 bits per heavy atom. The van der Waals surface area contributed by atoms with Crippen LogP contribution in [0, 0.1) is 13.8 Å². The standard InChI is InChI=1S/C22H29NO2/c1-15-7-12-20(13-16(15)2)25-14-21(24)23-17(3)18-8-10-19(11-9-18)22(4,5)6/h7-13,17H,14H2,1-6H3,(H,23,24)/t17-/m0/s1. The second-order valence-corrected chi connectivity index (χ2v) is 7.70. The van der Waals surface area contributed by atoms with Crippen LogP contribution in [0.4, 0.5) is 0 Å². The third-order valence-corrected chi connectivity index (χ3v) is 4.50. The second kappa shape index (κ2) is 7.73. The van der Waals surface area contributed by atoms with Crippen LogP contribution in [0.3, 0.4) is 0 Å². The van der Waals surface area contributed by atoms with Crippen molar-refractivity contribution in [3.8, 4) is 5.75 Å². The average molecular weight is 339 g/mol. The van der Waals surface area contributed by atoms with Crippen LogP contribution < -0.4 is 10.1 Å². The van der Waals surface area contributed by atoms with Crippen LogP contribution >= 0.6 is 0 Å². The molecule has 0 aliphatic rings. The summed E-state index contributed by atoms with van der Waals surface area (Å²) in [6.45, 7) is 12.7. The average Bonchev–Trinajstić information content (AvgIpc) is 2.55. The van der Waals surface area contributed by atoms with Crippen molar-refractivity contribution >= 4 is 5.91 Å². The van der Waals surface area contributed by atoms with E-state index in [9.17, 15) is 4.79 Å². The number of nitrogens with one attached hydrogen (secondary N) is 1. The number of aryl methyl sites for hydroxylation is 2. The van der Waals surface area contributed by atoms with Gasteiger partial charge >= 0.3 is 0 Å². The highest BCUT2D eigenvalue weighted by atomic mass is 16.5. The molecule has 1 atom stereocenters. The quantitative estimate of drug-likeness (QED) is 0.845. The summed E-state index contributed by atoms with van der Waals surface area (Å²) in [5, 5.41) is 2.99. The van der Waals surface area contributed by atoms with E-state index in [4.69, 9.17) is 4.74 Å². The van der Waals surface area contributed by atoms with Crippen molar-refractivity contribution in [1.82, 2.24) is 5.32 Å². The SMILES string of the molecule is Cc1ccc(OCC(=O)N[C@@H](C)c2ccc(C(C)(C)C)cc2)cc1C. The third kappa shape index (κ3) is 5.35. The molecule has 1 amide bonds. The lowest BCUT2D eigenvalue weighted by Crippen LogP contribution is -2.31. The highest BCUT2D eigenvalue weighted by molar-refractivity contribution is 5.78. The Morgan fingerprint density at radius 2 is 1.68 bits per heavy atom. The molecule has 0 fully saturated rings. The zero-order valence-corrected chi connectivity index (χ0v) is 16.1. The molecule has 0 bridgehead atoms. The van der Waals surface area contributed by atoms with E-state index >= 15 is 0 Å². The van der Waals surface area contributed by atoms with Crippen LogP contribution in [0.25, 0.3) is 0 Å². The Labute approximate surface area is 151 Å². The fraction of sp³-hybridized carbons (Fsp3) is 0.409. The summed E-state index contributed by atoms with van der Waals surface area (Å²) >= 11 is 0. The molecular weight excluding hydrogens is 310 g/mol. The number of carbonyl (C=O) groups is 1. The van der Waals surface area contributed by atoms with Crippen LogP contribution in [0.1, 0.15) is 56.0 Å². The Hall–Kier alpha value is -2.29. The summed E-state index contributed by atoms with van der Waals surface area (Å²) < 4.78 is 5.59. The Kier molecular flexibility index (Phi) is 5.89. The van der Waals surface area contributed by atoms with Crippen molar-refractivity contribution in [2.24, 2.45) is 0 Å². The smallest absolute Gasteiger partial charge is 0.258 e. The maximum absolute atomic E-state index is 12.1. The van der Waals surface area contributed by atoms with Gasteiger partial charge in [0.15, 0.2) is 6.61 Å². The van der Waals surface area contributed by atoms with Crippen molar-refractivity contribution < 1.29 is 9.53 Å². The predicted octanol–water partition coefficient (Wildman–Crippen LogP) is 4.86. The number of ether oxygens (including phenoxy) is 1. The molecule has 0 spiro atoms. The fourth-order valence-corrected chi connectivity index (χ4v) is 2.59. The highest BCUT2D eigenvalue weighted by Gasteiger charge is 2.15. The van der Waals surface area contributed by atoms with Gasteiger partial charge in [-0.25, -0.2) is 0 Å². The lowest BCUT2D eigenvalue weighted by Gasteiger charge is -2.20. The first-order chi connectivity index (χ1) is 11.7. The Morgan fingerprint density at radius 1 is 1.04 bits per heavy atom. The van der Waals surface area contributed by atoms with E-state index in [0.29, 0.717) is 0 Å². The molecule has 0 unspecified atom stereocenters. The number of amides is 1. The lowest BCUT2D eigenvalue weighted by molar-refractivity contribution is -0.123. The summed E-state index contributed by atoms with van der Waals surface area (Å²) in [6.07, 6.45) is 0. The van der Waals surface area contributed by atoms with Gasteiger partial charge in [-0.05, 0) is 60.6 Å². The molecule has 0 aliphatic heterocycles. The zero-order chi connectivity index (χ0) is 18.6. The van der Waals surface area contributed by atoms with Crippen LogP contribution in [0.15, 0.2) is 42.5 Å². The van der Waals surface area contributed by atoms with E-state index in [1.165, 1.54) is 11.1 Å². The van der Waals surface area contributed by atoms with Crippen LogP contribution in [-0.2, 0) is 10.2 Å². The van der Waals surface area contributed by atoms with Gasteiger partial charge in [-0.1, -0.05) is 51.1 Å². The first-order valence-electron chi connectivity index (χ1n) is 8.76. The van der Waals surface area contributed by atoms with Crippen molar-refractivity contribution in [2.45, 2.75) is 53.0 Å². The summed E-state index contributed by atoms with van der Waals surface area (Å²) in [4.78, 5) is 12.1. The summed E-state index contributed by atoms with van der Waals surface area (Å²) in [7, 11) is 0. The summed E-state index contributed by atoms with van der Waals surface area (Å²) in [6, 6.07) is 14.2. The van der Waals surface area contributed by atoms with Crippen molar-refractivity contribution in [3.05, 3.63) is 64.7 Å². The van der Waals surface area contributed by atoms with E-state index in [2.05, 4.69) is 57.3 Å². The van der Waals surface area contributed by atoms with E-state index in [-0.39, 0.29) is 24.0 Å². The molecule has 25 heavy (non-hydrogen) atoms. The van der Waals surface area contributed by atoms with Crippen LogP contribution in [0.2, 0.25) is 0 Å². The van der Waals surface area contributed by atoms with E-state index < -0.39 is 0 Å². The van der Waals surface area contributed by atoms with Gasteiger partial charge < -0.3 is 10.1 Å². The lowest BCUT2D eigenvalue weighted by atomic mass is 9.86. The van der Waals surface area contributed by atoms with Crippen molar-refractivity contribution in [3.63, 3.8) is 0 Å². The van der Waals surface area contributed by atoms with Gasteiger partial charge in [-0.15, -0.1) is 0 Å². The van der Waals surface area contributed by atoms with Crippen LogP contribution in [0.5, 0.6) is 5.75 Å². The number of benzene rings is 2. The topological polar surface area (TPSA) is 38.3 Å². The van der Waals surface area contributed by atoms with Gasteiger partial charge in [0.25, 0.3) is 5.91 Å². The molecule has 2 aromatic carbocycles. The first kappa shape index (κ1) is 19.0. The molecule has 0 saturated carbocycles. The molecule has 3 heteroatoms. The molecule has 0 heterocycles. The second-order valence-electron chi connectivity index (χ2n) is 7.70. The number of rotatable bonds is 5. The van der Waals surface area contributed by atoms with Gasteiger partial charge in [0.05, 0.1) is 6.04 Å². The maximum Gasteiger partial charge on any atom is 0.258 e. The van der Waals surface area contributed by atoms with Gasteiger partial charge in [0.2, 0.25) is 0 Å². The molecule has 0 radical (unpaired) electrons. The molecule has 0 aromatic heterocycles. The number of carbonyl (C=O) groups excluding carboxylic acids is 1. The zero-order valence-electron chi connectivity index (χ0n) is 16.1. The van der Waals surface area contributed by atoms with Gasteiger partial charge in [0, 0.05) is 0 Å². The summed E-state index contributed by atoms with van der Waals surface area (Å²) in [5.41, 5.74) is 4.88. The van der Waals surface area contributed by atoms with Crippen molar-refractivity contribution in [1.29, 1.82) is 0 Å². The minimum absolute atomic E-state index is 0.0207. The molecule has 3 nitrogen and oxygen atoms in total. The minimum Gasteiger partial charge on any atom is -0.484 e. The molecule has 134 valence electrons. The van der Waals surface area contributed by atoms with Gasteiger partial charge in [-0.3, -0.25) is 4.79 Å². The summed E-state index contributed by atoms with van der Waals surface area (Å²) in [5.74, 6) is 0.603. The number of hydrogen-bond donors (Lipinski definition) is 1. The fourth-order valence-electron chi connectivity index (χ4n) is 2.59. The minimum atomic E-state index is -0.120. The monoisotopic (exact) mass is 339 g/mol. The largest absolute Gasteiger partial charge is 0.484 e. The normalized spacial score (nSPS) is 12.6. The first-order valence-corrected chi connectivity index (χ1v) is 8.76. The maximum atomic E-state index is 12.1. The van der Waals surface area contributed by atoms with E-state index in [0.717, 1.165) is 16.9 Å². The number of hydrogen-bond acceptors (Lipinski definition) is 2. The molecule has 2 rings (SSSR count). The molecular formula is C22H29NO2. The Bertz CT molecular complexity index is 727. The highest BCUT2D eigenvalue weighted by Crippen LogP contribution is 2.24. The molecule has 1 N–H and O–H groups in total. The van der Waals surface area contributed by atoms with E-state index in [1.807, 2.05) is 32.0 Å². The van der Waals surface area contributed by atoms with Gasteiger partial charge in [0.1, 0.15) is 5.75 Å². The molecule has 0 aliphatic carbocycles. The Balaban J connectivity index is 1.90. The molecule has 0 saturated heterocycles. The van der Waals surface area contributed by atoms with Gasteiger partial charge in [-0.2, -0.15) is 0 Å². The van der Waals surface area contributed by atoms with Crippen molar-refractivity contribution in [2.75, 3.05) is 6.61 Å². The predicted molar refractivity (Wildman–Crippen MR) is 103 cm³/mol. The van der Waals surface area contributed by atoms with Crippen LogP contribution in [-0.4, -0.2) is 12.5 Å². The molecule has 2 aromatic rings. The van der Waals surface area contributed by atoms with E-state index in [1.54, 1.807) is 0 Å². The third-order valence-electron chi connectivity index (χ3n) is 4.50.